The highest BCUT2D eigenvalue weighted by Gasteiger charge is 2.21. The molecule has 3 aromatic carbocycles. The van der Waals surface area contributed by atoms with Gasteiger partial charge in [-0.2, -0.15) is 0 Å². The van der Waals surface area contributed by atoms with Crippen LogP contribution < -0.4 is 14.3 Å². The van der Waals surface area contributed by atoms with Gasteiger partial charge in [0, 0.05) is 28.7 Å². The van der Waals surface area contributed by atoms with E-state index in [1.807, 2.05) is 48.7 Å². The first-order valence-corrected chi connectivity index (χ1v) is 13.0. The minimum atomic E-state index is -0.319. The van der Waals surface area contributed by atoms with Crippen LogP contribution in [0.4, 0.5) is 26.0 Å². The van der Waals surface area contributed by atoms with Gasteiger partial charge < -0.3 is 10.6 Å². The molecule has 2 N–H and O–H groups in total. The molecule has 0 aliphatic carbocycles. The minimum Gasteiger partial charge on any atom is -0.355 e. The fraction of sp³-hybridized carbons (Fsp3) is 0.143. The van der Waals surface area contributed by atoms with Crippen molar-refractivity contribution in [1.82, 2.24) is 10.3 Å². The summed E-state index contributed by atoms with van der Waals surface area (Å²) in [6, 6.07) is 18.8. The second-order valence-corrected chi connectivity index (χ2v) is 10.6. The maximum absolute atomic E-state index is 13.8. The number of nitrogens with one attached hydrogen (secondary N) is 2. The highest BCUT2D eigenvalue weighted by atomic mass is 32.2. The van der Waals surface area contributed by atoms with Gasteiger partial charge in [0.25, 0.3) is 5.91 Å². The molecule has 190 valence electrons. The Morgan fingerprint density at radius 1 is 0.838 bits per heavy atom. The highest BCUT2D eigenvalue weighted by Crippen LogP contribution is 2.44. The van der Waals surface area contributed by atoms with Crippen LogP contribution in [0.3, 0.4) is 0 Å². The van der Waals surface area contributed by atoms with E-state index in [0.717, 1.165) is 32.2 Å². The van der Waals surface area contributed by atoms with E-state index >= 15 is 0 Å². The Bertz CT molecular complexity index is 1390. The zero-order chi connectivity index (χ0) is 26.5. The van der Waals surface area contributed by atoms with Crippen LogP contribution in [0.15, 0.2) is 82.7 Å². The van der Waals surface area contributed by atoms with Gasteiger partial charge in [-0.05, 0) is 110 Å². The molecular weight excluding hydrogens is 510 g/mol. The molecule has 1 heterocycles. The molecule has 0 bridgehead atoms. The third kappa shape index (κ3) is 6.42. The molecule has 0 saturated heterocycles. The van der Waals surface area contributed by atoms with Gasteiger partial charge in [0.1, 0.15) is 17.3 Å². The molecule has 0 atom stereocenters. The van der Waals surface area contributed by atoms with Gasteiger partial charge in [-0.3, -0.25) is 4.79 Å². The van der Waals surface area contributed by atoms with E-state index in [1.165, 1.54) is 54.4 Å². The second-order valence-electron chi connectivity index (χ2n) is 8.37. The van der Waals surface area contributed by atoms with Gasteiger partial charge in [-0.1, -0.05) is 18.2 Å². The molecule has 0 aliphatic rings. The standard InChI is InChI=1S/C28H26F2N4OS2/c1-17-7-5-6-8-23(17)33-27-24(15-20(16-32-27)28(35)31-4)34(36-25-11-9-21(29)13-18(25)2)37-26-12-10-22(30)14-19(26)3/h5-16H,1-4H3,(H,31,35)(H,32,33). The number of amides is 1. The SMILES string of the molecule is CNC(=O)c1cnc(Nc2ccccc2C)c(N(Sc2ccc(F)cc2C)Sc2ccc(F)cc2C)c1. The zero-order valence-electron chi connectivity index (χ0n) is 20.8. The fourth-order valence-corrected chi connectivity index (χ4v) is 5.65. The number of pyridine rings is 1. The molecule has 37 heavy (non-hydrogen) atoms. The van der Waals surface area contributed by atoms with E-state index in [2.05, 4.69) is 15.6 Å². The quantitative estimate of drug-likeness (QED) is 0.226. The van der Waals surface area contributed by atoms with E-state index in [1.54, 1.807) is 25.2 Å². The topological polar surface area (TPSA) is 57.3 Å². The predicted molar refractivity (Wildman–Crippen MR) is 149 cm³/mol. The number of nitrogens with zero attached hydrogens (tertiary/aromatic N) is 2. The van der Waals surface area contributed by atoms with Crippen LogP contribution in [0, 0.1) is 32.4 Å². The van der Waals surface area contributed by atoms with Crippen molar-refractivity contribution in [2.45, 2.75) is 30.6 Å². The van der Waals surface area contributed by atoms with Crippen LogP contribution >= 0.6 is 23.9 Å². The number of anilines is 3. The molecule has 9 heteroatoms. The normalized spacial score (nSPS) is 10.8. The number of aromatic nitrogens is 1. The number of benzene rings is 3. The van der Waals surface area contributed by atoms with Crippen molar-refractivity contribution in [2.75, 3.05) is 16.1 Å². The number of hydrogen-bond acceptors (Lipinski definition) is 6. The first kappa shape index (κ1) is 26.5. The van der Waals surface area contributed by atoms with Gasteiger partial charge in [0.15, 0.2) is 5.82 Å². The number of halogens is 2. The zero-order valence-corrected chi connectivity index (χ0v) is 22.4. The Kier molecular flexibility index (Phi) is 8.35. The number of carbonyl (C=O) groups excluding carboxylic acids is 1. The Morgan fingerprint density at radius 3 is 1.97 bits per heavy atom. The van der Waals surface area contributed by atoms with Crippen LogP contribution in [-0.2, 0) is 0 Å². The summed E-state index contributed by atoms with van der Waals surface area (Å²) >= 11 is 2.73. The molecule has 4 aromatic rings. The van der Waals surface area contributed by atoms with Crippen molar-refractivity contribution in [3.05, 3.63) is 107 Å². The van der Waals surface area contributed by atoms with E-state index in [0.29, 0.717) is 17.1 Å². The molecular formula is C28H26F2N4OS2. The van der Waals surface area contributed by atoms with E-state index < -0.39 is 0 Å². The number of aryl methyl sites for hydroxylation is 3. The number of rotatable bonds is 8. The van der Waals surface area contributed by atoms with Gasteiger partial charge in [-0.25, -0.2) is 17.5 Å². The summed E-state index contributed by atoms with van der Waals surface area (Å²) in [4.78, 5) is 18.8. The molecule has 0 saturated carbocycles. The summed E-state index contributed by atoms with van der Waals surface area (Å²) in [5, 5.41) is 6.03. The van der Waals surface area contributed by atoms with Crippen molar-refractivity contribution in [2.24, 2.45) is 0 Å². The molecule has 5 nitrogen and oxygen atoms in total. The van der Waals surface area contributed by atoms with Crippen LogP contribution in [0.1, 0.15) is 27.0 Å². The van der Waals surface area contributed by atoms with E-state index in [-0.39, 0.29) is 17.5 Å². The Labute approximate surface area is 224 Å². The lowest BCUT2D eigenvalue weighted by molar-refractivity contribution is 0.0963. The lowest BCUT2D eigenvalue weighted by Gasteiger charge is -2.26. The monoisotopic (exact) mass is 536 g/mol. The molecule has 1 amide bonds. The van der Waals surface area contributed by atoms with Crippen molar-refractivity contribution in [3.8, 4) is 0 Å². The van der Waals surface area contributed by atoms with Crippen molar-refractivity contribution < 1.29 is 13.6 Å². The Hall–Kier alpha value is -3.56. The van der Waals surface area contributed by atoms with Crippen molar-refractivity contribution in [1.29, 1.82) is 0 Å². The molecule has 0 unspecified atom stereocenters. The Balaban J connectivity index is 1.85. The first-order valence-electron chi connectivity index (χ1n) is 11.5. The summed E-state index contributed by atoms with van der Waals surface area (Å²) in [6.45, 7) is 5.66. The molecule has 0 radical (unpaired) electrons. The van der Waals surface area contributed by atoms with Gasteiger partial charge in [0.05, 0.1) is 5.56 Å². The Morgan fingerprint density at radius 2 is 1.43 bits per heavy atom. The van der Waals surface area contributed by atoms with E-state index in [9.17, 15) is 13.6 Å². The summed E-state index contributed by atoms with van der Waals surface area (Å²) in [5.41, 5.74) is 4.42. The lowest BCUT2D eigenvalue weighted by Crippen LogP contribution is -2.19. The van der Waals surface area contributed by atoms with Crippen molar-refractivity contribution >= 4 is 47.0 Å². The largest absolute Gasteiger partial charge is 0.355 e. The lowest BCUT2D eigenvalue weighted by atomic mass is 10.2. The summed E-state index contributed by atoms with van der Waals surface area (Å²) in [5.74, 6) is -0.384. The summed E-state index contributed by atoms with van der Waals surface area (Å²) in [7, 11) is 1.56. The smallest absolute Gasteiger partial charge is 0.252 e. The van der Waals surface area contributed by atoms with Crippen LogP contribution in [-0.4, -0.2) is 17.9 Å². The number of carbonyl (C=O) groups is 1. The van der Waals surface area contributed by atoms with Crippen molar-refractivity contribution in [3.63, 3.8) is 0 Å². The number of hydrogen-bond donors (Lipinski definition) is 2. The third-order valence-electron chi connectivity index (χ3n) is 5.59. The van der Waals surface area contributed by atoms with Gasteiger partial charge >= 0.3 is 0 Å². The van der Waals surface area contributed by atoms with Gasteiger partial charge in [0.2, 0.25) is 0 Å². The average molecular weight is 537 g/mol. The maximum Gasteiger partial charge on any atom is 0.252 e. The van der Waals surface area contributed by atoms with Gasteiger partial charge in [-0.15, -0.1) is 0 Å². The fourth-order valence-electron chi connectivity index (χ4n) is 3.52. The summed E-state index contributed by atoms with van der Waals surface area (Å²) in [6.07, 6.45) is 1.52. The molecule has 4 rings (SSSR count). The van der Waals surface area contributed by atoms with Crippen LogP contribution in [0.5, 0.6) is 0 Å². The summed E-state index contributed by atoms with van der Waals surface area (Å²) < 4.78 is 29.6. The maximum atomic E-state index is 13.8. The molecule has 0 aliphatic heterocycles. The first-order chi connectivity index (χ1) is 17.7. The van der Waals surface area contributed by atoms with Crippen LogP contribution in [0.25, 0.3) is 0 Å². The second kappa shape index (κ2) is 11.7. The molecule has 0 fully saturated rings. The minimum absolute atomic E-state index is 0.276. The number of para-hydroxylation sites is 1. The highest BCUT2D eigenvalue weighted by molar-refractivity contribution is 8.18. The van der Waals surface area contributed by atoms with E-state index in [4.69, 9.17) is 0 Å². The molecule has 0 spiro atoms. The third-order valence-corrected chi connectivity index (χ3v) is 8.07. The van der Waals surface area contributed by atoms with Crippen LogP contribution in [0.2, 0.25) is 0 Å². The molecule has 1 aromatic heterocycles. The predicted octanol–water partition coefficient (Wildman–Crippen LogP) is 7.61. The average Bonchev–Trinajstić information content (AvgIpc) is 2.87.